The Kier molecular flexibility index (Phi) is 4.22. The minimum atomic E-state index is 0.00251. The molecule has 1 fully saturated rings. The molecule has 0 spiro atoms. The van der Waals surface area contributed by atoms with Gasteiger partial charge in [0.15, 0.2) is 5.82 Å². The molecular formula is C14H23N3O2. The lowest BCUT2D eigenvalue weighted by molar-refractivity contribution is -0.122. The van der Waals surface area contributed by atoms with Crippen molar-refractivity contribution in [1.82, 2.24) is 15.5 Å². The van der Waals surface area contributed by atoms with Gasteiger partial charge in [-0.25, -0.2) is 0 Å². The molecule has 0 aromatic carbocycles. The van der Waals surface area contributed by atoms with E-state index in [0.29, 0.717) is 18.2 Å². The van der Waals surface area contributed by atoms with Gasteiger partial charge in [0.05, 0.1) is 0 Å². The normalized spacial score (nSPS) is 20.4. The summed E-state index contributed by atoms with van der Waals surface area (Å²) in [6.07, 6.45) is 4.27. The Hall–Kier alpha value is -1.39. The lowest BCUT2D eigenvalue weighted by Crippen LogP contribution is -2.35. The van der Waals surface area contributed by atoms with Crippen LogP contribution in [0.15, 0.2) is 4.52 Å². The monoisotopic (exact) mass is 265 g/mol. The van der Waals surface area contributed by atoms with E-state index in [1.807, 2.05) is 0 Å². The van der Waals surface area contributed by atoms with Crippen LogP contribution in [0.3, 0.4) is 0 Å². The molecule has 0 saturated carbocycles. The predicted molar refractivity (Wildman–Crippen MR) is 71.7 cm³/mol. The van der Waals surface area contributed by atoms with Crippen LogP contribution >= 0.6 is 0 Å². The van der Waals surface area contributed by atoms with Gasteiger partial charge in [0.2, 0.25) is 11.8 Å². The molecule has 1 aliphatic heterocycles. The summed E-state index contributed by atoms with van der Waals surface area (Å²) in [7, 11) is 0. The third-order valence-electron chi connectivity index (χ3n) is 4.40. The van der Waals surface area contributed by atoms with Gasteiger partial charge in [-0.1, -0.05) is 25.9 Å². The van der Waals surface area contributed by atoms with Crippen molar-refractivity contribution in [2.24, 2.45) is 5.92 Å². The van der Waals surface area contributed by atoms with Crippen LogP contribution < -0.4 is 5.32 Å². The molecule has 0 unspecified atom stereocenters. The Labute approximate surface area is 114 Å². The smallest absolute Gasteiger partial charge is 0.227 e. The van der Waals surface area contributed by atoms with Crippen LogP contribution in [-0.4, -0.2) is 22.6 Å². The highest BCUT2D eigenvalue weighted by Gasteiger charge is 2.29. The second-order valence-electron chi connectivity index (χ2n) is 5.69. The molecule has 0 bridgehead atoms. The van der Waals surface area contributed by atoms with Gasteiger partial charge in [0.1, 0.15) is 0 Å². The average Bonchev–Trinajstić information content (AvgIpc) is 2.89. The molecule has 2 rings (SSSR count). The number of carbonyl (C=O) groups excluding carboxylic acids is 1. The first-order chi connectivity index (χ1) is 9.07. The van der Waals surface area contributed by atoms with Crippen molar-refractivity contribution in [2.45, 2.75) is 58.3 Å². The fourth-order valence-corrected chi connectivity index (χ4v) is 2.35. The van der Waals surface area contributed by atoms with Crippen molar-refractivity contribution in [1.29, 1.82) is 0 Å². The number of nitrogens with zero attached hydrogens (tertiary/aromatic N) is 2. The maximum Gasteiger partial charge on any atom is 0.227 e. The van der Waals surface area contributed by atoms with E-state index in [0.717, 1.165) is 38.1 Å². The van der Waals surface area contributed by atoms with E-state index < -0.39 is 0 Å². The fraction of sp³-hybridized carbons (Fsp3) is 0.786. The van der Waals surface area contributed by atoms with Crippen molar-refractivity contribution < 1.29 is 9.32 Å². The van der Waals surface area contributed by atoms with E-state index in [4.69, 9.17) is 4.52 Å². The highest BCUT2D eigenvalue weighted by atomic mass is 16.5. The van der Waals surface area contributed by atoms with Gasteiger partial charge >= 0.3 is 0 Å². The average molecular weight is 265 g/mol. The lowest BCUT2D eigenvalue weighted by Gasteiger charge is -2.22. The van der Waals surface area contributed by atoms with Gasteiger partial charge in [-0.15, -0.1) is 0 Å². The Morgan fingerprint density at radius 3 is 2.74 bits per heavy atom. The van der Waals surface area contributed by atoms with Crippen LogP contribution in [0.5, 0.6) is 0 Å². The van der Waals surface area contributed by atoms with Gasteiger partial charge in [-0.2, -0.15) is 4.98 Å². The van der Waals surface area contributed by atoms with Crippen molar-refractivity contribution >= 4 is 5.91 Å². The standard InChI is InChI=1S/C14H23N3O2/c1-4-14(3,5-2)13-16-12(19-17-13)8-10-6-7-11(18)15-9-10/h10H,4-9H2,1-3H3,(H,15,18)/t10-/m1/s1. The van der Waals surface area contributed by atoms with E-state index in [2.05, 4.69) is 36.2 Å². The van der Waals surface area contributed by atoms with Crippen molar-refractivity contribution in [3.05, 3.63) is 11.7 Å². The van der Waals surface area contributed by atoms with Crippen LogP contribution in [0.25, 0.3) is 0 Å². The Bertz CT molecular complexity index is 428. The van der Waals surface area contributed by atoms with Crippen LogP contribution in [-0.2, 0) is 16.6 Å². The van der Waals surface area contributed by atoms with Crippen LogP contribution in [0.2, 0.25) is 0 Å². The number of hydrogen-bond donors (Lipinski definition) is 1. The molecule has 1 atom stereocenters. The summed E-state index contributed by atoms with van der Waals surface area (Å²) in [5.41, 5.74) is 0.00251. The summed E-state index contributed by atoms with van der Waals surface area (Å²) < 4.78 is 5.37. The molecular weight excluding hydrogens is 242 g/mol. The first-order valence-corrected chi connectivity index (χ1v) is 7.17. The molecule has 1 aromatic heterocycles. The molecule has 0 aliphatic carbocycles. The fourth-order valence-electron chi connectivity index (χ4n) is 2.35. The molecule has 2 heterocycles. The number of hydrogen-bond acceptors (Lipinski definition) is 4. The van der Waals surface area contributed by atoms with Gasteiger partial charge in [-0.05, 0) is 25.2 Å². The van der Waals surface area contributed by atoms with Crippen molar-refractivity contribution in [3.63, 3.8) is 0 Å². The highest BCUT2D eigenvalue weighted by Crippen LogP contribution is 2.29. The van der Waals surface area contributed by atoms with E-state index in [9.17, 15) is 4.79 Å². The lowest BCUT2D eigenvalue weighted by atomic mass is 9.84. The Morgan fingerprint density at radius 2 is 2.16 bits per heavy atom. The van der Waals surface area contributed by atoms with E-state index >= 15 is 0 Å². The summed E-state index contributed by atoms with van der Waals surface area (Å²) in [5.74, 6) is 2.07. The molecule has 1 aromatic rings. The molecule has 1 amide bonds. The van der Waals surface area contributed by atoms with Gasteiger partial charge in [0, 0.05) is 24.8 Å². The van der Waals surface area contributed by atoms with Gasteiger partial charge in [0.25, 0.3) is 0 Å². The second kappa shape index (κ2) is 5.72. The maximum absolute atomic E-state index is 11.1. The second-order valence-corrected chi connectivity index (χ2v) is 5.69. The molecule has 1 N–H and O–H groups in total. The minimum Gasteiger partial charge on any atom is -0.356 e. The zero-order valence-electron chi connectivity index (χ0n) is 12.0. The SMILES string of the molecule is CCC(C)(CC)c1noc(C[C@H]2CCC(=O)NC2)n1. The van der Waals surface area contributed by atoms with Crippen LogP contribution in [0.4, 0.5) is 0 Å². The Balaban J connectivity index is 1.99. The number of piperidine rings is 1. The first-order valence-electron chi connectivity index (χ1n) is 7.17. The molecule has 0 radical (unpaired) electrons. The minimum absolute atomic E-state index is 0.00251. The predicted octanol–water partition coefficient (Wildman–Crippen LogP) is 2.22. The molecule has 106 valence electrons. The number of aromatic nitrogens is 2. The van der Waals surface area contributed by atoms with E-state index in [1.54, 1.807) is 0 Å². The summed E-state index contributed by atoms with van der Waals surface area (Å²) in [6.45, 7) is 7.18. The number of carbonyl (C=O) groups is 1. The van der Waals surface area contributed by atoms with Gasteiger partial charge < -0.3 is 9.84 Å². The summed E-state index contributed by atoms with van der Waals surface area (Å²) in [4.78, 5) is 15.7. The largest absolute Gasteiger partial charge is 0.356 e. The van der Waals surface area contributed by atoms with E-state index in [-0.39, 0.29) is 11.3 Å². The van der Waals surface area contributed by atoms with Crippen LogP contribution in [0, 0.1) is 5.92 Å². The van der Waals surface area contributed by atoms with Crippen LogP contribution in [0.1, 0.15) is 58.2 Å². The van der Waals surface area contributed by atoms with E-state index in [1.165, 1.54) is 0 Å². The maximum atomic E-state index is 11.1. The number of amides is 1. The zero-order chi connectivity index (χ0) is 13.9. The highest BCUT2D eigenvalue weighted by molar-refractivity contribution is 5.76. The van der Waals surface area contributed by atoms with Crippen molar-refractivity contribution in [3.8, 4) is 0 Å². The molecule has 5 heteroatoms. The number of nitrogens with one attached hydrogen (secondary N) is 1. The topological polar surface area (TPSA) is 68.0 Å². The summed E-state index contributed by atoms with van der Waals surface area (Å²) in [5, 5.41) is 7.02. The first kappa shape index (κ1) is 14.0. The summed E-state index contributed by atoms with van der Waals surface area (Å²) in [6, 6.07) is 0. The molecule has 1 aliphatic rings. The third kappa shape index (κ3) is 3.14. The number of rotatable bonds is 5. The Morgan fingerprint density at radius 1 is 1.42 bits per heavy atom. The van der Waals surface area contributed by atoms with Gasteiger partial charge in [-0.3, -0.25) is 4.79 Å². The zero-order valence-corrected chi connectivity index (χ0v) is 12.0. The molecule has 1 saturated heterocycles. The molecule has 19 heavy (non-hydrogen) atoms. The summed E-state index contributed by atoms with van der Waals surface area (Å²) >= 11 is 0. The van der Waals surface area contributed by atoms with Crippen molar-refractivity contribution in [2.75, 3.05) is 6.54 Å². The quantitative estimate of drug-likeness (QED) is 0.886. The third-order valence-corrected chi connectivity index (χ3v) is 4.40. The molecule has 5 nitrogen and oxygen atoms in total.